The molecule has 1 rings (SSSR count). The van der Waals surface area contributed by atoms with Gasteiger partial charge in [0.25, 0.3) is 0 Å². The molecule has 1 fully saturated rings. The van der Waals surface area contributed by atoms with Crippen LogP contribution in [0.2, 0.25) is 0 Å². The predicted molar refractivity (Wildman–Crippen MR) is 60.5 cm³/mol. The second-order valence-corrected chi connectivity index (χ2v) is 6.22. The highest BCUT2D eigenvalue weighted by atomic mass is 32.2. The predicted octanol–water partition coefficient (Wildman–Crippen LogP) is 0.689. The smallest absolute Gasteiger partial charge is 0.307 e. The number of carboxylic acid groups (broad SMARTS) is 1. The Kier molecular flexibility index (Phi) is 4.09. The van der Waals surface area contributed by atoms with Crippen molar-refractivity contribution >= 4 is 16.0 Å². The molecule has 0 aromatic rings. The Morgan fingerprint density at radius 3 is 2.69 bits per heavy atom. The highest BCUT2D eigenvalue weighted by molar-refractivity contribution is 7.89. The van der Waals surface area contributed by atoms with Crippen molar-refractivity contribution in [3.05, 3.63) is 12.2 Å². The normalized spacial score (nSPS) is 22.9. The first-order valence-corrected chi connectivity index (χ1v) is 6.79. The van der Waals surface area contributed by atoms with Crippen LogP contribution in [0.3, 0.4) is 0 Å². The minimum Gasteiger partial charge on any atom is -0.481 e. The Hall–Kier alpha value is -0.880. The van der Waals surface area contributed by atoms with Crippen molar-refractivity contribution in [1.29, 1.82) is 0 Å². The average molecular weight is 247 g/mol. The van der Waals surface area contributed by atoms with Gasteiger partial charge in [-0.15, -0.1) is 0 Å². The van der Waals surface area contributed by atoms with E-state index in [1.165, 1.54) is 4.31 Å². The lowest BCUT2D eigenvalue weighted by molar-refractivity contribution is -0.142. The molecule has 6 heteroatoms. The maximum Gasteiger partial charge on any atom is 0.307 e. The number of rotatable bonds is 4. The highest BCUT2D eigenvalue weighted by Crippen LogP contribution is 2.20. The highest BCUT2D eigenvalue weighted by Gasteiger charge is 2.31. The number of carbonyl (C=O) groups is 1. The number of piperidine rings is 1. The second-order valence-electron chi connectivity index (χ2n) is 4.25. The summed E-state index contributed by atoms with van der Waals surface area (Å²) in [4.78, 5) is 10.8. The molecule has 0 amide bonds. The van der Waals surface area contributed by atoms with E-state index in [1.54, 1.807) is 6.92 Å². The van der Waals surface area contributed by atoms with Crippen molar-refractivity contribution in [1.82, 2.24) is 4.31 Å². The van der Waals surface area contributed by atoms with Crippen LogP contribution in [0, 0.1) is 5.92 Å². The van der Waals surface area contributed by atoms with E-state index in [4.69, 9.17) is 5.11 Å². The van der Waals surface area contributed by atoms with Gasteiger partial charge in [0.2, 0.25) is 10.0 Å². The lowest BCUT2D eigenvalue weighted by atomic mass is 10.0. The zero-order chi connectivity index (χ0) is 12.3. The molecule has 1 atom stereocenters. The zero-order valence-electron chi connectivity index (χ0n) is 9.35. The van der Waals surface area contributed by atoms with Crippen LogP contribution >= 0.6 is 0 Å². The standard InChI is InChI=1S/C10H17NO4S/c1-8(2)7-16(14,15)11-5-3-4-9(6-11)10(12)13/h9H,1,3-7H2,2H3,(H,12,13). The Morgan fingerprint density at radius 2 is 2.19 bits per heavy atom. The molecule has 16 heavy (non-hydrogen) atoms. The SMILES string of the molecule is C=C(C)CS(=O)(=O)N1CCCC(C(=O)O)C1. The van der Waals surface area contributed by atoms with Gasteiger partial charge in [-0.05, 0) is 19.8 Å². The Labute approximate surface area is 95.8 Å². The van der Waals surface area contributed by atoms with E-state index < -0.39 is 21.9 Å². The quantitative estimate of drug-likeness (QED) is 0.742. The van der Waals surface area contributed by atoms with Gasteiger partial charge in [0.15, 0.2) is 0 Å². The molecule has 1 aliphatic rings. The number of nitrogens with zero attached hydrogens (tertiary/aromatic N) is 1. The van der Waals surface area contributed by atoms with E-state index in [-0.39, 0.29) is 12.3 Å². The third-order valence-corrected chi connectivity index (χ3v) is 4.53. The molecule has 1 heterocycles. The summed E-state index contributed by atoms with van der Waals surface area (Å²) in [7, 11) is -3.38. The summed E-state index contributed by atoms with van der Waals surface area (Å²) in [5.74, 6) is -1.59. The molecular weight excluding hydrogens is 230 g/mol. The Morgan fingerprint density at radius 1 is 1.56 bits per heavy atom. The molecule has 0 saturated carbocycles. The van der Waals surface area contributed by atoms with Gasteiger partial charge in [-0.2, -0.15) is 0 Å². The van der Waals surface area contributed by atoms with Crippen LogP contribution in [0.1, 0.15) is 19.8 Å². The topological polar surface area (TPSA) is 74.7 Å². The van der Waals surface area contributed by atoms with Gasteiger partial charge in [-0.25, -0.2) is 12.7 Å². The fourth-order valence-corrected chi connectivity index (χ4v) is 3.42. The molecule has 5 nitrogen and oxygen atoms in total. The van der Waals surface area contributed by atoms with Gasteiger partial charge >= 0.3 is 5.97 Å². The Bertz CT molecular complexity index is 388. The number of hydrogen-bond acceptors (Lipinski definition) is 3. The van der Waals surface area contributed by atoms with E-state index in [9.17, 15) is 13.2 Å². The van der Waals surface area contributed by atoms with Gasteiger partial charge < -0.3 is 5.11 Å². The van der Waals surface area contributed by atoms with Crippen molar-refractivity contribution in [2.75, 3.05) is 18.8 Å². The first-order valence-electron chi connectivity index (χ1n) is 5.18. The second kappa shape index (κ2) is 4.97. The monoisotopic (exact) mass is 247 g/mol. The molecule has 0 spiro atoms. The summed E-state index contributed by atoms with van der Waals surface area (Å²) in [6.45, 7) is 5.72. The number of hydrogen-bond donors (Lipinski definition) is 1. The summed E-state index contributed by atoms with van der Waals surface area (Å²) in [5.41, 5.74) is 0.567. The van der Waals surface area contributed by atoms with Crippen LogP contribution in [-0.4, -0.2) is 42.6 Å². The van der Waals surface area contributed by atoms with Crippen LogP contribution in [-0.2, 0) is 14.8 Å². The lowest BCUT2D eigenvalue weighted by Crippen LogP contribution is -2.43. The third kappa shape index (κ3) is 3.31. The molecule has 0 aliphatic carbocycles. The number of aliphatic carboxylic acids is 1. The summed E-state index contributed by atoms with van der Waals surface area (Å²) in [5, 5.41) is 8.86. The van der Waals surface area contributed by atoms with Crippen LogP contribution in [0.15, 0.2) is 12.2 Å². The molecule has 1 N–H and O–H groups in total. The molecule has 1 aliphatic heterocycles. The minimum atomic E-state index is -3.38. The molecule has 1 saturated heterocycles. The van der Waals surface area contributed by atoms with Crippen molar-refractivity contribution in [3.63, 3.8) is 0 Å². The van der Waals surface area contributed by atoms with Crippen molar-refractivity contribution in [2.45, 2.75) is 19.8 Å². The van der Waals surface area contributed by atoms with E-state index in [2.05, 4.69) is 6.58 Å². The third-order valence-electron chi connectivity index (χ3n) is 2.56. The lowest BCUT2D eigenvalue weighted by Gasteiger charge is -2.29. The molecule has 0 aromatic heterocycles. The molecule has 0 bridgehead atoms. The maximum absolute atomic E-state index is 11.8. The molecule has 0 aromatic carbocycles. The van der Waals surface area contributed by atoms with Crippen molar-refractivity contribution in [3.8, 4) is 0 Å². The maximum atomic E-state index is 11.8. The zero-order valence-corrected chi connectivity index (χ0v) is 10.2. The van der Waals surface area contributed by atoms with Crippen LogP contribution in [0.25, 0.3) is 0 Å². The van der Waals surface area contributed by atoms with Gasteiger partial charge in [0, 0.05) is 13.1 Å². The van der Waals surface area contributed by atoms with E-state index in [1.807, 2.05) is 0 Å². The molecular formula is C10H17NO4S. The first kappa shape index (κ1) is 13.2. The van der Waals surface area contributed by atoms with E-state index in [0.717, 1.165) is 0 Å². The largest absolute Gasteiger partial charge is 0.481 e. The van der Waals surface area contributed by atoms with Gasteiger partial charge in [0.1, 0.15) is 0 Å². The number of carboxylic acids is 1. The fourth-order valence-electron chi connectivity index (χ4n) is 1.80. The van der Waals surface area contributed by atoms with Gasteiger partial charge in [0.05, 0.1) is 11.7 Å². The van der Waals surface area contributed by atoms with Gasteiger partial charge in [-0.1, -0.05) is 12.2 Å². The van der Waals surface area contributed by atoms with Crippen LogP contribution in [0.5, 0.6) is 0 Å². The van der Waals surface area contributed by atoms with E-state index >= 15 is 0 Å². The van der Waals surface area contributed by atoms with Crippen LogP contribution in [0.4, 0.5) is 0 Å². The Balaban J connectivity index is 2.73. The number of sulfonamides is 1. The van der Waals surface area contributed by atoms with Crippen molar-refractivity contribution < 1.29 is 18.3 Å². The summed E-state index contributed by atoms with van der Waals surface area (Å²) >= 11 is 0. The fraction of sp³-hybridized carbons (Fsp3) is 0.700. The minimum absolute atomic E-state index is 0.0882. The summed E-state index contributed by atoms with van der Waals surface area (Å²) < 4.78 is 24.9. The first-order chi connectivity index (χ1) is 7.33. The van der Waals surface area contributed by atoms with E-state index in [0.29, 0.717) is 25.0 Å². The summed E-state index contributed by atoms with van der Waals surface area (Å²) in [6, 6.07) is 0. The van der Waals surface area contributed by atoms with Crippen LogP contribution < -0.4 is 0 Å². The van der Waals surface area contributed by atoms with Crippen molar-refractivity contribution in [2.24, 2.45) is 5.92 Å². The molecule has 92 valence electrons. The average Bonchev–Trinajstić information content (AvgIpc) is 2.16. The van der Waals surface area contributed by atoms with Gasteiger partial charge in [-0.3, -0.25) is 4.79 Å². The molecule has 0 radical (unpaired) electrons. The summed E-state index contributed by atoms with van der Waals surface area (Å²) in [6.07, 6.45) is 1.15. The molecule has 1 unspecified atom stereocenters.